The number of pyridine rings is 1. The maximum Gasteiger partial charge on any atom is 0.323 e. The molecule has 11 nitrogen and oxygen atoms in total. The molecule has 4 atom stereocenters. The molecular formula is C40H47ClN4O7. The quantitative estimate of drug-likeness (QED) is 0.134. The lowest BCUT2D eigenvalue weighted by Gasteiger charge is -2.41. The smallest absolute Gasteiger partial charge is 0.323 e. The van der Waals surface area contributed by atoms with E-state index in [1.807, 2.05) is 12.1 Å². The summed E-state index contributed by atoms with van der Waals surface area (Å²) in [6, 6.07) is 14.2. The zero-order chi connectivity index (χ0) is 37.3. The molecule has 1 aliphatic heterocycles. The Morgan fingerprint density at radius 1 is 1.19 bits per heavy atom. The Morgan fingerprint density at radius 3 is 2.71 bits per heavy atom. The van der Waals surface area contributed by atoms with Crippen LogP contribution in [0.3, 0.4) is 0 Å². The Hall–Kier alpha value is -4.28. The van der Waals surface area contributed by atoms with Gasteiger partial charge in [-0.1, -0.05) is 48.9 Å². The van der Waals surface area contributed by atoms with Crippen molar-refractivity contribution >= 4 is 23.1 Å². The monoisotopic (exact) mass is 730 g/mol. The van der Waals surface area contributed by atoms with Crippen molar-refractivity contribution in [2.24, 2.45) is 5.92 Å². The molecule has 0 spiro atoms. The van der Waals surface area contributed by atoms with E-state index in [-0.39, 0.29) is 36.8 Å². The van der Waals surface area contributed by atoms with Crippen LogP contribution in [0.1, 0.15) is 54.5 Å². The highest BCUT2D eigenvalue weighted by atomic mass is 35.5. The van der Waals surface area contributed by atoms with Crippen molar-refractivity contribution < 1.29 is 34.3 Å². The number of aryl methyl sites for hydroxylation is 1. The lowest BCUT2D eigenvalue weighted by atomic mass is 9.74. The van der Waals surface area contributed by atoms with Gasteiger partial charge in [-0.05, 0) is 67.2 Å². The number of halogens is 1. The number of rotatable bonds is 17. The van der Waals surface area contributed by atoms with Crippen molar-refractivity contribution in [3.05, 3.63) is 105 Å². The molecule has 4 N–H and O–H groups in total. The summed E-state index contributed by atoms with van der Waals surface area (Å²) in [6.45, 7) is 8.86. The molecule has 276 valence electrons. The van der Waals surface area contributed by atoms with Gasteiger partial charge in [0.15, 0.2) is 0 Å². The molecule has 1 fully saturated rings. The molecular weight excluding hydrogens is 684 g/mol. The molecule has 1 aliphatic carbocycles. The van der Waals surface area contributed by atoms with Gasteiger partial charge in [0.1, 0.15) is 42.4 Å². The summed E-state index contributed by atoms with van der Waals surface area (Å²) in [5.74, 6) is -0.568. The van der Waals surface area contributed by atoms with Crippen molar-refractivity contribution in [2.75, 3.05) is 39.5 Å². The van der Waals surface area contributed by atoms with Gasteiger partial charge in [0.05, 0.1) is 23.3 Å². The van der Waals surface area contributed by atoms with Crippen LogP contribution < -0.4 is 14.8 Å². The normalized spacial score (nSPS) is 20.9. The van der Waals surface area contributed by atoms with E-state index in [9.17, 15) is 25.4 Å². The van der Waals surface area contributed by atoms with Gasteiger partial charge in [0.25, 0.3) is 0 Å². The molecule has 1 saturated heterocycles. The first kappa shape index (κ1) is 38.9. The number of nitrogens with zero attached hydrogens (tertiary/aromatic N) is 3. The Kier molecular flexibility index (Phi) is 13.5. The summed E-state index contributed by atoms with van der Waals surface area (Å²) in [4.78, 5) is 17.9. The average molecular weight is 731 g/mol. The van der Waals surface area contributed by atoms with Crippen LogP contribution in [0.5, 0.6) is 11.5 Å². The highest BCUT2D eigenvalue weighted by Crippen LogP contribution is 2.43. The van der Waals surface area contributed by atoms with Gasteiger partial charge >= 0.3 is 5.97 Å². The third kappa shape index (κ3) is 9.58. The number of carboxylic acid groups (broad SMARTS) is 1. The molecule has 3 unspecified atom stereocenters. The number of β-amino-alcohol motifs (C(OH)–C–C–N with tert-alkyl or cyclic N) is 1. The van der Waals surface area contributed by atoms with E-state index in [0.29, 0.717) is 41.3 Å². The van der Waals surface area contributed by atoms with Gasteiger partial charge in [-0.2, -0.15) is 5.26 Å². The minimum atomic E-state index is -1.19. The van der Waals surface area contributed by atoms with Crippen molar-refractivity contribution in [2.45, 2.75) is 64.5 Å². The first-order chi connectivity index (χ1) is 25.0. The van der Waals surface area contributed by atoms with Crippen LogP contribution >= 0.6 is 11.6 Å². The van der Waals surface area contributed by atoms with Crippen molar-refractivity contribution in [3.63, 3.8) is 0 Å². The number of carboxylic acids is 1. The third-order valence-electron chi connectivity index (χ3n) is 9.78. The number of nitriles is 1. The molecule has 0 bridgehead atoms. The second-order valence-electron chi connectivity index (χ2n) is 13.5. The number of nitrogens with one attached hydrogen (secondary N) is 1. The van der Waals surface area contributed by atoms with E-state index in [0.717, 1.165) is 42.6 Å². The van der Waals surface area contributed by atoms with Crippen LogP contribution in [-0.2, 0) is 22.7 Å². The fraction of sp³-hybridized carbons (Fsp3) is 0.425. The number of hydrogen-bond acceptors (Lipinski definition) is 10. The second-order valence-corrected chi connectivity index (χ2v) is 13.9. The van der Waals surface area contributed by atoms with Gasteiger partial charge in [0, 0.05) is 68.3 Å². The topological polar surface area (TPSA) is 157 Å². The molecule has 3 aromatic rings. The standard InChI is InChI=1S/C40H47ClN4O7/c1-26-7-4-5-8-33(26)38-27(2)9-11-40(28(38)3,52-14-6-12-45-13-10-32(47)22-45)25-51-37-17-36(50-24-30-15-29(18-42)19-43-20-30)31(16-34(37)41)21-44-35(23-46)39(48)49/h4-5,7-9,11,15-17,19-20,28,32,35,44,46-47H,6,10,12-14,21-25H2,1-3H3,(H,48,49)/t28?,32-,35?,40?/m1/s1. The molecule has 0 amide bonds. The minimum Gasteiger partial charge on any atom is -0.489 e. The largest absolute Gasteiger partial charge is 0.489 e. The number of aliphatic hydroxyl groups excluding tert-OH is 2. The average Bonchev–Trinajstić information content (AvgIpc) is 3.56. The Balaban J connectivity index is 1.42. The van der Waals surface area contributed by atoms with Gasteiger partial charge in [-0.25, -0.2) is 0 Å². The number of likely N-dealkylation sites (tertiary alicyclic amines) is 1. The maximum absolute atomic E-state index is 11.6. The number of carbonyl (C=O) groups is 1. The van der Waals surface area contributed by atoms with Crippen LogP contribution in [0, 0.1) is 24.2 Å². The maximum atomic E-state index is 11.6. The third-order valence-corrected chi connectivity index (χ3v) is 10.1. The highest BCUT2D eigenvalue weighted by Gasteiger charge is 2.41. The number of hydrogen-bond donors (Lipinski definition) is 4. The number of ether oxygens (including phenoxy) is 3. The summed E-state index contributed by atoms with van der Waals surface area (Å²) in [6.07, 6.45) is 8.53. The fourth-order valence-corrected chi connectivity index (χ4v) is 7.00. The zero-order valence-electron chi connectivity index (χ0n) is 29.8. The number of benzene rings is 2. The molecule has 12 heteroatoms. The zero-order valence-corrected chi connectivity index (χ0v) is 30.6. The van der Waals surface area contributed by atoms with E-state index < -0.39 is 24.2 Å². The SMILES string of the molecule is CC1=C(c2ccccc2C)C(C)C(COc2cc(OCc3cncc(C#N)c3)c(CNC(CO)C(=O)O)cc2Cl)(OCCCN2CC[C@@H](O)C2)C=C1. The second kappa shape index (κ2) is 18.0. The summed E-state index contributed by atoms with van der Waals surface area (Å²) in [7, 11) is 0. The molecule has 0 radical (unpaired) electrons. The van der Waals surface area contributed by atoms with Crippen LogP contribution in [0.2, 0.25) is 5.02 Å². The summed E-state index contributed by atoms with van der Waals surface area (Å²) >= 11 is 6.83. The van der Waals surface area contributed by atoms with E-state index >= 15 is 0 Å². The van der Waals surface area contributed by atoms with Crippen molar-refractivity contribution in [3.8, 4) is 17.6 Å². The Labute approximate surface area is 310 Å². The van der Waals surface area contributed by atoms with E-state index in [1.54, 1.807) is 24.4 Å². The number of aliphatic carboxylic acids is 1. The van der Waals surface area contributed by atoms with Gasteiger partial charge < -0.3 is 34.4 Å². The molecule has 2 aromatic carbocycles. The summed E-state index contributed by atoms with van der Waals surface area (Å²) in [5.41, 5.74) is 5.39. The van der Waals surface area contributed by atoms with Crippen molar-refractivity contribution in [1.82, 2.24) is 15.2 Å². The predicted octanol–water partition coefficient (Wildman–Crippen LogP) is 5.30. The molecule has 0 saturated carbocycles. The molecule has 1 aromatic heterocycles. The highest BCUT2D eigenvalue weighted by molar-refractivity contribution is 6.32. The molecule has 2 heterocycles. The summed E-state index contributed by atoms with van der Waals surface area (Å²) < 4.78 is 19.6. The van der Waals surface area contributed by atoms with Crippen molar-refractivity contribution in [1.29, 1.82) is 5.26 Å². The van der Waals surface area contributed by atoms with Gasteiger partial charge in [-0.3, -0.25) is 15.1 Å². The van der Waals surface area contributed by atoms with Gasteiger partial charge in [0.2, 0.25) is 0 Å². The fourth-order valence-electron chi connectivity index (χ4n) is 6.76. The first-order valence-corrected chi connectivity index (χ1v) is 17.9. The summed E-state index contributed by atoms with van der Waals surface area (Å²) in [5, 5.41) is 41.4. The lowest BCUT2D eigenvalue weighted by Crippen LogP contribution is -2.46. The van der Waals surface area contributed by atoms with E-state index in [2.05, 4.69) is 66.3 Å². The van der Waals surface area contributed by atoms with Crippen LogP contribution in [-0.4, -0.2) is 88.4 Å². The molecule has 2 aliphatic rings. The van der Waals surface area contributed by atoms with Crippen LogP contribution in [0.15, 0.2) is 72.6 Å². The first-order valence-electron chi connectivity index (χ1n) is 17.5. The predicted molar refractivity (Wildman–Crippen MR) is 198 cm³/mol. The Morgan fingerprint density at radius 2 is 2.00 bits per heavy atom. The van der Waals surface area contributed by atoms with Gasteiger partial charge in [-0.15, -0.1) is 0 Å². The number of allylic oxidation sites excluding steroid dienone is 2. The lowest BCUT2D eigenvalue weighted by molar-refractivity contribution is -0.140. The van der Waals surface area contributed by atoms with Crippen LogP contribution in [0.25, 0.3) is 5.57 Å². The molecule has 52 heavy (non-hydrogen) atoms. The van der Waals surface area contributed by atoms with E-state index in [1.165, 1.54) is 11.8 Å². The van der Waals surface area contributed by atoms with E-state index in [4.69, 9.17) is 25.8 Å². The number of aromatic nitrogens is 1. The van der Waals surface area contributed by atoms with Crippen LogP contribution in [0.4, 0.5) is 0 Å². The number of aliphatic hydroxyl groups is 2. The molecule has 5 rings (SSSR count). The Bertz CT molecular complexity index is 1830. The minimum absolute atomic E-state index is 0.0358.